The summed E-state index contributed by atoms with van der Waals surface area (Å²) in [7, 11) is 1.70. The van der Waals surface area contributed by atoms with E-state index in [0.717, 1.165) is 5.56 Å². The van der Waals surface area contributed by atoms with Crippen molar-refractivity contribution in [2.24, 2.45) is 0 Å². The normalized spacial score (nSPS) is 13.3. The van der Waals surface area contributed by atoms with E-state index in [1.54, 1.807) is 24.9 Å². The number of carbonyl (C=O) groups is 2. The SMILES string of the molecule is CC(CCC(=O)O)NC(=O)N(C)C(C)c1cccc(Cl)c1. The number of nitrogens with zero attached hydrogens (tertiary/aromatic N) is 1. The van der Waals surface area contributed by atoms with Crippen molar-refractivity contribution in [2.75, 3.05) is 7.05 Å². The van der Waals surface area contributed by atoms with Crippen LogP contribution in [-0.2, 0) is 4.79 Å². The highest BCUT2D eigenvalue weighted by Crippen LogP contribution is 2.21. The van der Waals surface area contributed by atoms with Crippen molar-refractivity contribution in [1.29, 1.82) is 0 Å². The zero-order chi connectivity index (χ0) is 16.0. The molecule has 0 aliphatic rings. The summed E-state index contributed by atoms with van der Waals surface area (Å²) in [5.74, 6) is -0.864. The fourth-order valence-electron chi connectivity index (χ4n) is 1.89. The molecule has 0 bridgehead atoms. The molecule has 2 N–H and O–H groups in total. The fourth-order valence-corrected chi connectivity index (χ4v) is 2.09. The van der Waals surface area contributed by atoms with Crippen molar-refractivity contribution in [3.63, 3.8) is 0 Å². The van der Waals surface area contributed by atoms with Crippen molar-refractivity contribution in [3.05, 3.63) is 34.9 Å². The monoisotopic (exact) mass is 312 g/mol. The van der Waals surface area contributed by atoms with Crippen molar-refractivity contribution < 1.29 is 14.7 Å². The molecule has 1 rings (SSSR count). The molecule has 6 heteroatoms. The van der Waals surface area contributed by atoms with Crippen LogP contribution < -0.4 is 5.32 Å². The second-order valence-electron chi connectivity index (χ2n) is 5.12. The van der Waals surface area contributed by atoms with Crippen LogP contribution in [0.25, 0.3) is 0 Å². The van der Waals surface area contributed by atoms with Gasteiger partial charge in [-0.3, -0.25) is 4.79 Å². The van der Waals surface area contributed by atoms with Gasteiger partial charge in [-0.05, 0) is 38.0 Å². The van der Waals surface area contributed by atoms with E-state index in [1.807, 2.05) is 25.1 Å². The lowest BCUT2D eigenvalue weighted by Gasteiger charge is -2.27. The van der Waals surface area contributed by atoms with Gasteiger partial charge in [-0.25, -0.2) is 4.79 Å². The van der Waals surface area contributed by atoms with Gasteiger partial charge in [0.25, 0.3) is 0 Å². The van der Waals surface area contributed by atoms with Gasteiger partial charge in [0, 0.05) is 24.5 Å². The first kappa shape index (κ1) is 17.3. The molecule has 0 aliphatic carbocycles. The van der Waals surface area contributed by atoms with Crippen LogP contribution in [0, 0.1) is 0 Å². The summed E-state index contributed by atoms with van der Waals surface area (Å²) >= 11 is 5.95. The summed E-state index contributed by atoms with van der Waals surface area (Å²) in [5.41, 5.74) is 0.943. The predicted octanol–water partition coefficient (Wildman–Crippen LogP) is 3.30. The van der Waals surface area contributed by atoms with E-state index >= 15 is 0 Å². The number of hydrogen-bond donors (Lipinski definition) is 2. The smallest absolute Gasteiger partial charge is 0.317 e. The second kappa shape index (κ2) is 7.88. The molecule has 1 aromatic rings. The van der Waals surface area contributed by atoms with Crippen LogP contribution >= 0.6 is 11.6 Å². The second-order valence-corrected chi connectivity index (χ2v) is 5.56. The van der Waals surface area contributed by atoms with Gasteiger partial charge < -0.3 is 15.3 Å². The molecule has 2 unspecified atom stereocenters. The lowest BCUT2D eigenvalue weighted by molar-refractivity contribution is -0.137. The minimum absolute atomic E-state index is 0.0367. The number of rotatable bonds is 6. The Bertz CT molecular complexity index is 507. The molecule has 0 aromatic heterocycles. The Morgan fingerprint density at radius 1 is 1.38 bits per heavy atom. The number of carbonyl (C=O) groups excluding carboxylic acids is 1. The summed E-state index contributed by atoms with van der Waals surface area (Å²) in [6.45, 7) is 3.70. The number of halogens is 1. The van der Waals surface area contributed by atoms with Crippen LogP contribution in [0.3, 0.4) is 0 Å². The number of carboxylic acids is 1. The quantitative estimate of drug-likeness (QED) is 0.846. The Morgan fingerprint density at radius 2 is 2.05 bits per heavy atom. The Labute approximate surface area is 129 Å². The van der Waals surface area contributed by atoms with Crippen LogP contribution in [0.15, 0.2) is 24.3 Å². The lowest BCUT2D eigenvalue weighted by Crippen LogP contribution is -2.43. The number of aliphatic carboxylic acids is 1. The third-order valence-electron chi connectivity index (χ3n) is 3.39. The summed E-state index contributed by atoms with van der Waals surface area (Å²) in [5, 5.41) is 12.1. The third-order valence-corrected chi connectivity index (χ3v) is 3.63. The Hall–Kier alpha value is -1.75. The number of hydrogen-bond acceptors (Lipinski definition) is 2. The number of benzene rings is 1. The third kappa shape index (κ3) is 5.63. The molecule has 0 aliphatic heterocycles. The van der Waals surface area contributed by atoms with Gasteiger partial charge in [-0.15, -0.1) is 0 Å². The molecule has 1 aromatic carbocycles. The average molecular weight is 313 g/mol. The van der Waals surface area contributed by atoms with E-state index in [0.29, 0.717) is 11.4 Å². The zero-order valence-corrected chi connectivity index (χ0v) is 13.2. The molecule has 5 nitrogen and oxygen atoms in total. The van der Waals surface area contributed by atoms with Crippen molar-refractivity contribution >= 4 is 23.6 Å². The maximum absolute atomic E-state index is 12.1. The standard InChI is InChI=1S/C15H21ClN2O3/c1-10(7-8-14(19)20)17-15(21)18(3)11(2)12-5-4-6-13(16)9-12/h4-6,9-11H,7-8H2,1-3H3,(H,17,21)(H,19,20). The molecule has 0 saturated heterocycles. The highest BCUT2D eigenvalue weighted by atomic mass is 35.5. The van der Waals surface area contributed by atoms with Crippen LogP contribution in [-0.4, -0.2) is 35.1 Å². The van der Waals surface area contributed by atoms with Gasteiger partial charge in [-0.1, -0.05) is 23.7 Å². The lowest BCUT2D eigenvalue weighted by atomic mass is 10.1. The average Bonchev–Trinajstić information content (AvgIpc) is 2.43. The van der Waals surface area contributed by atoms with E-state index in [1.165, 1.54) is 0 Å². The minimum Gasteiger partial charge on any atom is -0.481 e. The zero-order valence-electron chi connectivity index (χ0n) is 12.5. The Morgan fingerprint density at radius 3 is 2.62 bits per heavy atom. The molecule has 116 valence electrons. The maximum Gasteiger partial charge on any atom is 0.317 e. The highest BCUT2D eigenvalue weighted by molar-refractivity contribution is 6.30. The van der Waals surface area contributed by atoms with Crippen LogP contribution in [0.2, 0.25) is 5.02 Å². The van der Waals surface area contributed by atoms with E-state index in [2.05, 4.69) is 5.32 Å². The number of amides is 2. The van der Waals surface area contributed by atoms with Gasteiger partial charge in [0.2, 0.25) is 0 Å². The minimum atomic E-state index is -0.864. The first-order valence-corrected chi connectivity index (χ1v) is 7.19. The number of nitrogens with one attached hydrogen (secondary N) is 1. The first-order valence-electron chi connectivity index (χ1n) is 6.82. The van der Waals surface area contributed by atoms with Gasteiger partial charge in [0.15, 0.2) is 0 Å². The van der Waals surface area contributed by atoms with E-state index in [-0.39, 0.29) is 24.5 Å². The fraction of sp³-hybridized carbons (Fsp3) is 0.467. The van der Waals surface area contributed by atoms with E-state index in [4.69, 9.17) is 16.7 Å². The number of urea groups is 1. The van der Waals surface area contributed by atoms with Crippen LogP contribution in [0.1, 0.15) is 38.3 Å². The first-order chi connectivity index (χ1) is 9.81. The Balaban J connectivity index is 2.59. The molecule has 21 heavy (non-hydrogen) atoms. The largest absolute Gasteiger partial charge is 0.481 e. The van der Waals surface area contributed by atoms with Crippen molar-refractivity contribution in [1.82, 2.24) is 10.2 Å². The molecule has 2 amide bonds. The number of carboxylic acid groups (broad SMARTS) is 1. The van der Waals surface area contributed by atoms with E-state index in [9.17, 15) is 9.59 Å². The Kier molecular flexibility index (Phi) is 6.49. The summed E-state index contributed by atoms with van der Waals surface area (Å²) < 4.78 is 0. The summed E-state index contributed by atoms with van der Waals surface area (Å²) in [6.07, 6.45) is 0.440. The van der Waals surface area contributed by atoms with Gasteiger partial charge >= 0.3 is 12.0 Å². The molecule has 0 radical (unpaired) electrons. The molecule has 0 heterocycles. The summed E-state index contributed by atoms with van der Waals surface area (Å²) in [4.78, 5) is 24.2. The molecule has 2 atom stereocenters. The van der Waals surface area contributed by atoms with Crippen molar-refractivity contribution in [3.8, 4) is 0 Å². The molecule has 0 spiro atoms. The van der Waals surface area contributed by atoms with Crippen LogP contribution in [0.4, 0.5) is 4.79 Å². The molecular formula is C15H21ClN2O3. The summed E-state index contributed by atoms with van der Waals surface area (Å²) in [6, 6.07) is 6.80. The molecule has 0 saturated carbocycles. The molecular weight excluding hydrogens is 292 g/mol. The van der Waals surface area contributed by atoms with Gasteiger partial charge in [0.1, 0.15) is 0 Å². The molecule has 0 fully saturated rings. The van der Waals surface area contributed by atoms with Gasteiger partial charge in [-0.2, -0.15) is 0 Å². The van der Waals surface area contributed by atoms with Crippen LogP contribution in [0.5, 0.6) is 0 Å². The topological polar surface area (TPSA) is 69.6 Å². The highest BCUT2D eigenvalue weighted by Gasteiger charge is 2.19. The predicted molar refractivity (Wildman–Crippen MR) is 82.5 cm³/mol. The van der Waals surface area contributed by atoms with Gasteiger partial charge in [0.05, 0.1) is 6.04 Å². The maximum atomic E-state index is 12.1. The van der Waals surface area contributed by atoms with Crippen molar-refractivity contribution in [2.45, 2.75) is 38.8 Å². The van der Waals surface area contributed by atoms with E-state index < -0.39 is 5.97 Å².